The van der Waals surface area contributed by atoms with Crippen molar-refractivity contribution in [3.05, 3.63) is 18.2 Å². The minimum atomic E-state index is -3.80. The second-order valence-corrected chi connectivity index (χ2v) is 10.5. The van der Waals surface area contributed by atoms with Gasteiger partial charge in [-0.25, -0.2) is 21.1 Å². The predicted octanol–water partition coefficient (Wildman–Crippen LogP) is 1.88. The zero-order valence-corrected chi connectivity index (χ0v) is 17.8. The van der Waals surface area contributed by atoms with E-state index in [1.807, 2.05) is 6.92 Å². The van der Waals surface area contributed by atoms with Crippen LogP contribution >= 0.6 is 0 Å². The number of unbranched alkanes of at least 4 members (excludes halogenated alkanes) is 2. The summed E-state index contributed by atoms with van der Waals surface area (Å²) in [4.78, 5) is 12.0. The molecule has 0 unspecified atom stereocenters. The van der Waals surface area contributed by atoms with Crippen LogP contribution in [0.5, 0.6) is 5.75 Å². The summed E-state index contributed by atoms with van der Waals surface area (Å²) in [6.07, 6.45) is 2.18. The van der Waals surface area contributed by atoms with E-state index in [9.17, 15) is 21.6 Å². The summed E-state index contributed by atoms with van der Waals surface area (Å²) in [7, 11) is -4.53. The molecule has 0 radical (unpaired) electrons. The molecule has 0 spiro atoms. The summed E-state index contributed by atoms with van der Waals surface area (Å²) in [6, 6.07) is 4.18. The molecule has 1 aromatic carbocycles. The molecule has 0 saturated heterocycles. The van der Waals surface area contributed by atoms with Gasteiger partial charge in [0.05, 0.1) is 12.4 Å². The molecule has 1 rings (SSSR count). The second kappa shape index (κ2) is 10.0. The normalized spacial score (nSPS) is 12.2. The smallest absolute Gasteiger partial charge is 0.246 e. The molecule has 0 aliphatic carbocycles. The fourth-order valence-electron chi connectivity index (χ4n) is 2.30. The Balaban J connectivity index is 3.00. The van der Waals surface area contributed by atoms with Crippen molar-refractivity contribution in [3.63, 3.8) is 0 Å². The van der Waals surface area contributed by atoms with Crippen LogP contribution in [0.3, 0.4) is 0 Å². The number of rotatable bonds is 11. The Morgan fingerprint density at radius 2 is 1.78 bits per heavy atom. The van der Waals surface area contributed by atoms with E-state index < -0.39 is 31.5 Å². The maximum atomic E-state index is 12.5. The van der Waals surface area contributed by atoms with Crippen LogP contribution < -0.4 is 10.1 Å². The fourth-order valence-corrected chi connectivity index (χ4v) is 4.61. The first-order valence-electron chi connectivity index (χ1n) is 8.73. The van der Waals surface area contributed by atoms with Crippen molar-refractivity contribution in [2.75, 3.05) is 37.5 Å². The molecular weight excluding hydrogens is 392 g/mol. The molecule has 10 heteroatoms. The molecule has 1 amide bonds. The first-order valence-corrected chi connectivity index (χ1v) is 12.0. The van der Waals surface area contributed by atoms with Crippen LogP contribution in [0.1, 0.15) is 33.1 Å². The van der Waals surface area contributed by atoms with Gasteiger partial charge in [-0.1, -0.05) is 19.8 Å². The second-order valence-electron chi connectivity index (χ2n) is 6.23. The van der Waals surface area contributed by atoms with Gasteiger partial charge in [-0.15, -0.1) is 0 Å². The molecule has 0 bridgehead atoms. The predicted molar refractivity (Wildman–Crippen MR) is 105 cm³/mol. The maximum absolute atomic E-state index is 12.5. The van der Waals surface area contributed by atoms with E-state index in [0.29, 0.717) is 6.42 Å². The number of hydrogen-bond acceptors (Lipinski definition) is 6. The molecule has 8 nitrogen and oxygen atoms in total. The third kappa shape index (κ3) is 7.11. The van der Waals surface area contributed by atoms with Gasteiger partial charge in [-0.2, -0.15) is 0 Å². The molecule has 0 aromatic heterocycles. The van der Waals surface area contributed by atoms with Crippen molar-refractivity contribution < 1.29 is 26.4 Å². The first-order chi connectivity index (χ1) is 12.5. The van der Waals surface area contributed by atoms with Gasteiger partial charge in [0.15, 0.2) is 9.84 Å². The largest absolute Gasteiger partial charge is 0.492 e. The van der Waals surface area contributed by atoms with Crippen LogP contribution in [0.2, 0.25) is 0 Å². The number of benzene rings is 1. The average molecular weight is 421 g/mol. The third-order valence-corrected chi connectivity index (χ3v) is 7.14. The minimum Gasteiger partial charge on any atom is -0.492 e. The molecule has 27 heavy (non-hydrogen) atoms. The molecular formula is C17H28N2O6S2. The topological polar surface area (TPSA) is 110 Å². The van der Waals surface area contributed by atoms with E-state index in [4.69, 9.17) is 4.74 Å². The number of sulfone groups is 1. The molecule has 0 fully saturated rings. The molecule has 154 valence electrons. The highest BCUT2D eigenvalue weighted by Crippen LogP contribution is 2.29. The van der Waals surface area contributed by atoms with Gasteiger partial charge in [0, 0.05) is 19.8 Å². The van der Waals surface area contributed by atoms with Crippen molar-refractivity contribution in [1.29, 1.82) is 0 Å². The number of sulfonamides is 1. The van der Waals surface area contributed by atoms with Gasteiger partial charge in [0.25, 0.3) is 0 Å². The van der Waals surface area contributed by atoms with E-state index in [1.165, 1.54) is 32.3 Å². The van der Waals surface area contributed by atoms with Crippen molar-refractivity contribution in [2.45, 2.75) is 38.0 Å². The number of anilines is 1. The van der Waals surface area contributed by atoms with Crippen molar-refractivity contribution in [2.24, 2.45) is 0 Å². The van der Waals surface area contributed by atoms with E-state index >= 15 is 0 Å². The lowest BCUT2D eigenvalue weighted by molar-refractivity contribution is -0.113. The van der Waals surface area contributed by atoms with E-state index in [0.717, 1.165) is 17.1 Å². The lowest BCUT2D eigenvalue weighted by Crippen LogP contribution is -2.25. The fraction of sp³-hybridized carbons (Fsp3) is 0.588. The summed E-state index contributed by atoms with van der Waals surface area (Å²) in [5, 5.41) is 2.45. The first kappa shape index (κ1) is 23.4. The summed E-state index contributed by atoms with van der Waals surface area (Å²) < 4.78 is 55.3. The van der Waals surface area contributed by atoms with Crippen LogP contribution in [0.25, 0.3) is 0 Å². The molecule has 0 atom stereocenters. The number of ether oxygens (including phenoxy) is 1. The molecule has 0 heterocycles. The quantitative estimate of drug-likeness (QED) is 0.547. The van der Waals surface area contributed by atoms with Crippen LogP contribution in [0.15, 0.2) is 23.1 Å². The zero-order valence-electron chi connectivity index (χ0n) is 16.2. The standard InChI is InChI=1S/C17H28N2O6S2/c1-5-7-8-11-26(21,22)13-17(20)18-14-9-10-15(25-6-2)16(12-14)27(23,24)19(3)4/h9-10,12H,5-8,11,13H2,1-4H3,(H,18,20). The molecule has 1 aromatic rings. The number of carbonyl (C=O) groups is 1. The Hall–Kier alpha value is -1.65. The van der Waals surface area contributed by atoms with Crippen LogP contribution in [-0.2, 0) is 24.7 Å². The Labute approximate surface area is 161 Å². The van der Waals surface area contributed by atoms with E-state index in [1.54, 1.807) is 6.92 Å². The average Bonchev–Trinajstić information content (AvgIpc) is 2.55. The van der Waals surface area contributed by atoms with Crippen LogP contribution in [0.4, 0.5) is 5.69 Å². The lowest BCUT2D eigenvalue weighted by atomic mass is 10.3. The molecule has 0 saturated carbocycles. The minimum absolute atomic E-state index is 0.0439. The number of nitrogens with zero attached hydrogens (tertiary/aromatic N) is 1. The Morgan fingerprint density at radius 1 is 1.11 bits per heavy atom. The Morgan fingerprint density at radius 3 is 2.33 bits per heavy atom. The monoisotopic (exact) mass is 420 g/mol. The summed E-state index contributed by atoms with van der Waals surface area (Å²) >= 11 is 0. The summed E-state index contributed by atoms with van der Waals surface area (Å²) in [5.41, 5.74) is 0.188. The third-order valence-electron chi connectivity index (χ3n) is 3.70. The zero-order chi connectivity index (χ0) is 20.7. The number of nitrogens with one attached hydrogen (secondary N) is 1. The number of amides is 1. The van der Waals surface area contributed by atoms with Crippen molar-refractivity contribution in [1.82, 2.24) is 4.31 Å². The Kier molecular flexibility index (Phi) is 8.70. The highest BCUT2D eigenvalue weighted by atomic mass is 32.2. The summed E-state index contributed by atoms with van der Waals surface area (Å²) in [6.45, 7) is 3.97. The highest BCUT2D eigenvalue weighted by molar-refractivity contribution is 7.92. The molecule has 1 N–H and O–H groups in total. The number of hydrogen-bond donors (Lipinski definition) is 1. The van der Waals surface area contributed by atoms with Crippen LogP contribution in [-0.4, -0.2) is 59.3 Å². The summed E-state index contributed by atoms with van der Waals surface area (Å²) in [5.74, 6) is -1.22. The van der Waals surface area contributed by atoms with Gasteiger partial charge in [-0.3, -0.25) is 4.79 Å². The van der Waals surface area contributed by atoms with Gasteiger partial charge in [0.1, 0.15) is 16.4 Å². The van der Waals surface area contributed by atoms with E-state index in [-0.39, 0.29) is 28.7 Å². The van der Waals surface area contributed by atoms with Gasteiger partial charge in [-0.05, 0) is 31.5 Å². The molecule has 0 aliphatic heterocycles. The maximum Gasteiger partial charge on any atom is 0.246 e. The van der Waals surface area contributed by atoms with Gasteiger partial charge < -0.3 is 10.1 Å². The van der Waals surface area contributed by atoms with Gasteiger partial charge >= 0.3 is 0 Å². The van der Waals surface area contributed by atoms with E-state index in [2.05, 4.69) is 5.32 Å². The van der Waals surface area contributed by atoms with Crippen molar-refractivity contribution in [3.8, 4) is 5.75 Å². The number of carbonyl (C=O) groups excluding carboxylic acids is 1. The molecule has 0 aliphatic rings. The SMILES string of the molecule is CCCCCS(=O)(=O)CC(=O)Nc1ccc(OCC)c(S(=O)(=O)N(C)C)c1. The Bertz CT molecular complexity index is 848. The highest BCUT2D eigenvalue weighted by Gasteiger charge is 2.24. The van der Waals surface area contributed by atoms with Crippen LogP contribution in [0, 0.1) is 0 Å². The van der Waals surface area contributed by atoms with Crippen molar-refractivity contribution >= 4 is 31.5 Å². The van der Waals surface area contributed by atoms with Gasteiger partial charge in [0.2, 0.25) is 15.9 Å². The lowest BCUT2D eigenvalue weighted by Gasteiger charge is -2.16.